The lowest BCUT2D eigenvalue weighted by atomic mass is 10.2. The SMILES string of the molecule is O=C1CCN(C(=O)c2ccc(Cl)cc2)C1. The number of ketones is 1. The van der Waals surface area contributed by atoms with Crippen LogP contribution in [0, 0.1) is 0 Å². The van der Waals surface area contributed by atoms with Crippen LogP contribution in [0.5, 0.6) is 0 Å². The zero-order chi connectivity index (χ0) is 10.8. The van der Waals surface area contributed by atoms with Gasteiger partial charge in [0.15, 0.2) is 5.78 Å². The molecular weight excluding hydrogens is 214 g/mol. The Balaban J connectivity index is 2.14. The molecule has 1 heterocycles. The van der Waals surface area contributed by atoms with E-state index in [1.165, 1.54) is 0 Å². The first-order valence-electron chi connectivity index (χ1n) is 4.73. The van der Waals surface area contributed by atoms with Crippen LogP contribution in [0.4, 0.5) is 0 Å². The summed E-state index contributed by atoms with van der Waals surface area (Å²) in [7, 11) is 0. The monoisotopic (exact) mass is 223 g/mol. The molecule has 0 bridgehead atoms. The summed E-state index contributed by atoms with van der Waals surface area (Å²) in [6.45, 7) is 0.766. The zero-order valence-corrected chi connectivity index (χ0v) is 8.83. The van der Waals surface area contributed by atoms with E-state index in [4.69, 9.17) is 11.6 Å². The van der Waals surface area contributed by atoms with E-state index in [9.17, 15) is 9.59 Å². The third-order valence-corrected chi connectivity index (χ3v) is 2.66. The maximum Gasteiger partial charge on any atom is 0.254 e. The fourth-order valence-corrected chi connectivity index (χ4v) is 1.71. The summed E-state index contributed by atoms with van der Waals surface area (Å²) in [5.41, 5.74) is 0.578. The topological polar surface area (TPSA) is 37.4 Å². The quantitative estimate of drug-likeness (QED) is 0.728. The van der Waals surface area contributed by atoms with Crippen molar-refractivity contribution in [2.75, 3.05) is 13.1 Å². The van der Waals surface area contributed by atoms with Crippen molar-refractivity contribution in [3.8, 4) is 0 Å². The molecule has 1 saturated heterocycles. The average Bonchev–Trinajstić information content (AvgIpc) is 2.65. The first-order valence-corrected chi connectivity index (χ1v) is 5.11. The van der Waals surface area contributed by atoms with Crippen LogP contribution in [0.1, 0.15) is 16.8 Å². The molecule has 0 saturated carbocycles. The van der Waals surface area contributed by atoms with Gasteiger partial charge in [-0.3, -0.25) is 9.59 Å². The van der Waals surface area contributed by atoms with Gasteiger partial charge < -0.3 is 4.90 Å². The van der Waals surface area contributed by atoms with Gasteiger partial charge in [0, 0.05) is 23.6 Å². The molecule has 0 radical (unpaired) electrons. The van der Waals surface area contributed by atoms with Gasteiger partial charge in [-0.05, 0) is 24.3 Å². The molecule has 1 aromatic carbocycles. The van der Waals surface area contributed by atoms with Gasteiger partial charge in [0.05, 0.1) is 6.54 Å². The van der Waals surface area contributed by atoms with E-state index in [0.717, 1.165) is 0 Å². The summed E-state index contributed by atoms with van der Waals surface area (Å²) < 4.78 is 0. The molecule has 0 unspecified atom stereocenters. The van der Waals surface area contributed by atoms with Crippen molar-refractivity contribution in [1.29, 1.82) is 0 Å². The number of nitrogens with zero attached hydrogens (tertiary/aromatic N) is 1. The molecule has 0 atom stereocenters. The predicted molar refractivity (Wildman–Crippen MR) is 57.0 cm³/mol. The minimum atomic E-state index is -0.0995. The fraction of sp³-hybridized carbons (Fsp3) is 0.273. The lowest BCUT2D eigenvalue weighted by Gasteiger charge is -2.13. The van der Waals surface area contributed by atoms with Crippen molar-refractivity contribution < 1.29 is 9.59 Å². The number of likely N-dealkylation sites (tertiary alicyclic amines) is 1. The van der Waals surface area contributed by atoms with Gasteiger partial charge in [-0.1, -0.05) is 11.6 Å². The van der Waals surface area contributed by atoms with E-state index in [1.807, 2.05) is 0 Å². The van der Waals surface area contributed by atoms with E-state index in [-0.39, 0.29) is 18.2 Å². The highest BCUT2D eigenvalue weighted by atomic mass is 35.5. The van der Waals surface area contributed by atoms with Crippen LogP contribution in [0.15, 0.2) is 24.3 Å². The molecule has 78 valence electrons. The number of hydrogen-bond acceptors (Lipinski definition) is 2. The van der Waals surface area contributed by atoms with E-state index in [0.29, 0.717) is 23.6 Å². The van der Waals surface area contributed by atoms with Gasteiger partial charge in [-0.15, -0.1) is 0 Å². The van der Waals surface area contributed by atoms with E-state index < -0.39 is 0 Å². The van der Waals surface area contributed by atoms with Gasteiger partial charge in [0.2, 0.25) is 0 Å². The first kappa shape index (κ1) is 10.2. The van der Waals surface area contributed by atoms with Crippen molar-refractivity contribution in [3.63, 3.8) is 0 Å². The lowest BCUT2D eigenvalue weighted by molar-refractivity contribution is -0.116. The van der Waals surface area contributed by atoms with Crippen molar-refractivity contribution in [2.45, 2.75) is 6.42 Å². The van der Waals surface area contributed by atoms with Gasteiger partial charge in [-0.2, -0.15) is 0 Å². The third-order valence-electron chi connectivity index (χ3n) is 2.41. The Hall–Kier alpha value is -1.35. The second kappa shape index (κ2) is 4.03. The smallest absolute Gasteiger partial charge is 0.254 e. The van der Waals surface area contributed by atoms with Crippen LogP contribution in [0.25, 0.3) is 0 Å². The Kier molecular flexibility index (Phi) is 2.73. The number of carbonyl (C=O) groups excluding carboxylic acids is 2. The van der Waals surface area contributed by atoms with Crippen molar-refractivity contribution in [1.82, 2.24) is 4.90 Å². The summed E-state index contributed by atoms with van der Waals surface area (Å²) in [4.78, 5) is 24.4. The molecule has 4 heteroatoms. The Bertz CT molecular complexity index is 400. The Labute approximate surface area is 92.6 Å². The van der Waals surface area contributed by atoms with Crippen LogP contribution in [0.3, 0.4) is 0 Å². The molecule has 1 aliphatic heterocycles. The Morgan fingerprint density at radius 3 is 2.47 bits per heavy atom. The number of Topliss-reactive ketones (excluding diaryl/α,β-unsaturated/α-hetero) is 1. The van der Waals surface area contributed by atoms with Gasteiger partial charge in [-0.25, -0.2) is 0 Å². The summed E-state index contributed by atoms with van der Waals surface area (Å²) in [6.07, 6.45) is 0.472. The predicted octanol–water partition coefficient (Wildman–Crippen LogP) is 1.76. The van der Waals surface area contributed by atoms with Crippen molar-refractivity contribution >= 4 is 23.3 Å². The molecule has 3 nitrogen and oxygen atoms in total. The number of benzene rings is 1. The second-order valence-electron chi connectivity index (χ2n) is 3.52. The molecule has 15 heavy (non-hydrogen) atoms. The lowest BCUT2D eigenvalue weighted by Crippen LogP contribution is -2.28. The van der Waals surface area contributed by atoms with Crippen molar-refractivity contribution in [2.24, 2.45) is 0 Å². The number of amides is 1. The molecule has 0 aliphatic carbocycles. The molecule has 1 fully saturated rings. The molecule has 0 N–H and O–H groups in total. The van der Waals surface area contributed by atoms with Gasteiger partial charge in [0.1, 0.15) is 0 Å². The molecule has 2 rings (SSSR count). The zero-order valence-electron chi connectivity index (χ0n) is 8.07. The molecule has 0 aromatic heterocycles. The number of rotatable bonds is 1. The van der Waals surface area contributed by atoms with E-state index in [1.54, 1.807) is 29.2 Å². The minimum Gasteiger partial charge on any atom is -0.331 e. The summed E-state index contributed by atoms with van der Waals surface area (Å²) in [5, 5.41) is 0.601. The van der Waals surface area contributed by atoms with Crippen LogP contribution in [0.2, 0.25) is 5.02 Å². The van der Waals surface area contributed by atoms with Crippen LogP contribution >= 0.6 is 11.6 Å². The molecular formula is C11H10ClNO2. The van der Waals surface area contributed by atoms with Crippen LogP contribution < -0.4 is 0 Å². The Morgan fingerprint density at radius 2 is 1.93 bits per heavy atom. The number of hydrogen-bond donors (Lipinski definition) is 0. The van der Waals surface area contributed by atoms with E-state index >= 15 is 0 Å². The second-order valence-corrected chi connectivity index (χ2v) is 3.96. The normalized spacial score (nSPS) is 15.8. The molecule has 1 aromatic rings. The van der Waals surface area contributed by atoms with E-state index in [2.05, 4.69) is 0 Å². The third kappa shape index (κ3) is 2.18. The van der Waals surface area contributed by atoms with Gasteiger partial charge >= 0.3 is 0 Å². The number of halogens is 1. The van der Waals surface area contributed by atoms with Crippen LogP contribution in [-0.4, -0.2) is 29.7 Å². The maximum absolute atomic E-state index is 11.8. The van der Waals surface area contributed by atoms with Gasteiger partial charge in [0.25, 0.3) is 5.91 Å². The van der Waals surface area contributed by atoms with Crippen molar-refractivity contribution in [3.05, 3.63) is 34.9 Å². The molecule has 1 aliphatic rings. The summed E-state index contributed by atoms with van der Waals surface area (Å²) in [5.74, 6) is 0.0230. The summed E-state index contributed by atoms with van der Waals surface area (Å²) >= 11 is 5.72. The highest BCUT2D eigenvalue weighted by Crippen LogP contribution is 2.14. The average molecular weight is 224 g/mol. The van der Waals surface area contributed by atoms with Crippen LogP contribution in [-0.2, 0) is 4.79 Å². The number of carbonyl (C=O) groups is 2. The standard InChI is InChI=1S/C11H10ClNO2/c12-9-3-1-8(2-4-9)11(15)13-6-5-10(14)7-13/h1-4H,5-7H2. The minimum absolute atomic E-state index is 0.0995. The fourth-order valence-electron chi connectivity index (χ4n) is 1.58. The first-order chi connectivity index (χ1) is 7.16. The summed E-state index contributed by atoms with van der Waals surface area (Å²) in [6, 6.07) is 6.69. The maximum atomic E-state index is 11.8. The Morgan fingerprint density at radius 1 is 1.27 bits per heavy atom. The largest absolute Gasteiger partial charge is 0.331 e. The molecule has 1 amide bonds. The highest BCUT2D eigenvalue weighted by Gasteiger charge is 2.24. The highest BCUT2D eigenvalue weighted by molar-refractivity contribution is 6.30. The molecule has 0 spiro atoms.